The fourth-order valence-electron chi connectivity index (χ4n) is 15.0. The molecule has 662 valence electrons. The minimum absolute atomic E-state index is 0.0626. The van der Waals surface area contributed by atoms with E-state index in [4.69, 9.17) is 73.8 Å². The summed E-state index contributed by atoms with van der Waals surface area (Å²) in [6, 6.07) is 4.64. The van der Waals surface area contributed by atoms with Gasteiger partial charge in [0.15, 0.2) is 23.9 Å². The van der Waals surface area contributed by atoms with Gasteiger partial charge in [0.25, 0.3) is 5.91 Å². The number of rotatable bonds is 21. The number of amides is 9. The lowest BCUT2D eigenvalue weighted by atomic mass is 9.85. The highest BCUT2D eigenvalue weighted by Gasteiger charge is 2.52. The molecule has 14 rings (SSSR count). The number of aromatic hydroxyl groups is 3. The van der Waals surface area contributed by atoms with Crippen LogP contribution >= 0.6 is 34.8 Å². The molecule has 39 nitrogen and oxygen atoms in total. The first-order valence-corrected chi connectivity index (χ1v) is 39.8. The van der Waals surface area contributed by atoms with E-state index in [-0.39, 0.29) is 71.6 Å². The molecular formula is C81H89Cl3FN13O26. The first kappa shape index (κ1) is 91.7. The summed E-state index contributed by atoms with van der Waals surface area (Å²) in [4.78, 5) is 155. The first-order valence-electron chi connectivity index (χ1n) is 38.7. The van der Waals surface area contributed by atoms with Crippen LogP contribution < -0.4 is 79.0 Å². The number of nitrogens with zero attached hydrogens (tertiary/aromatic N) is 2. The van der Waals surface area contributed by atoms with Gasteiger partial charge in [0.2, 0.25) is 59.3 Å². The maximum Gasteiger partial charge on any atom is 0.349 e. The molecule has 1 unspecified atom stereocenters. The Morgan fingerprint density at radius 2 is 1.38 bits per heavy atom. The molecule has 0 saturated carbocycles. The topological polar surface area (TPSA) is 582 Å². The first-order chi connectivity index (χ1) is 58.8. The molecule has 7 aromatic rings. The smallest absolute Gasteiger partial charge is 0.349 e. The standard InChI is InChI=1S/C81H89Cl3FN13O26/c1-32(2)19-46(87-5)72(110)95-63-65(105)36-9-13-50(43(83)23-36)120-52-25-38-26-53(69(52)124-79-70(68(108)67(107)54(31-99)122-79)123-58-30-81(4,71(109)33(3)119-58)88-16-18-98-17-15-56(91-80(98)117)90-57(104)21-34-7-11-42(82)45(85)20-34)121-51-14-10-37(24-44(51)84)66(106)64-77(115)94-62(78(116)97-118-6)41-27-39(100)28-49(102)59(41)40-22-35(8-12-48(40)101)60(74(112)96-64)93-75(113)61(38)92-73(111)47(29-55(86)103)89-76(63)114/h7-15,17,20,22-28,32-33,46-47,54,58,60-68,70-71,79,87-88,99-102,105-109H,16,18-19,21,29-31H2,1-6H3,(H2,86,103)(H,89,114)(H,92,111)(H,93,113)(H,94,115)(H,95,110)(H,96,112)(H,97,116)(H,90,91,104,117)/t33-,46+,47-,54+,58-,60+,61+,62+,63+,64-,65+,66+,67+,68-,70+,71+,79?,81+/m0/s1. The Labute approximate surface area is 719 Å². The van der Waals surface area contributed by atoms with E-state index in [9.17, 15) is 74.3 Å². The summed E-state index contributed by atoms with van der Waals surface area (Å²) in [5.41, 5.74) is 3.21. The SMILES string of the molecule is CN[C@H](CC(C)C)C(=O)N[C@H]1C(=O)N[C@@H](CC(N)=O)C(=O)N[C@H]2C(=O)N[C@H]3C(=O)N[C@H](C(=O)N[C@@H](C(=O)NOC)c4cc(O)cc(O)c4-c4cc3ccc4O)[C@H](O)c3ccc(c(Cl)c3)Oc3cc2cc(c3OC2O[C@H](CO)[C@@H](O)[C@H](O)[C@H]2O[C@H]2C[C@@](C)(NCCn3ccc(NC(=O)Cc4ccc(Cl)c(F)c4)nc3=O)[C@H](O)[C@H](C)O2)Oc2ccc(cc2Cl)[C@H]1O. The van der Waals surface area contributed by atoms with Gasteiger partial charge in [-0.25, -0.2) is 14.7 Å². The number of hydrogen-bond donors (Lipinski definition) is 20. The van der Waals surface area contributed by atoms with Crippen molar-refractivity contribution in [2.24, 2.45) is 11.7 Å². The lowest BCUT2D eigenvalue weighted by Gasteiger charge is -2.48. The quantitative estimate of drug-likeness (QED) is 0.0454. The number of anilines is 1. The van der Waals surface area contributed by atoms with Crippen LogP contribution in [-0.2, 0) is 75.2 Å². The molecule has 2 saturated heterocycles. The maximum absolute atomic E-state index is 16.3. The number of primary amides is 1. The second kappa shape index (κ2) is 38.8. The van der Waals surface area contributed by atoms with Crippen LogP contribution in [-0.4, -0.2) is 215 Å². The van der Waals surface area contributed by atoms with Crippen LogP contribution in [0, 0.1) is 11.7 Å². The Morgan fingerprint density at radius 3 is 2.01 bits per heavy atom. The molecule has 1 aromatic heterocycles. The number of hydrogen-bond acceptors (Lipinski definition) is 29. The molecule has 9 amide bonds. The van der Waals surface area contributed by atoms with Crippen molar-refractivity contribution in [2.45, 2.75) is 169 Å². The van der Waals surface area contributed by atoms with Gasteiger partial charge in [0.05, 0.1) is 59.9 Å². The van der Waals surface area contributed by atoms with Crippen LogP contribution in [0.4, 0.5) is 10.2 Å². The van der Waals surface area contributed by atoms with Crippen LogP contribution in [0.15, 0.2) is 114 Å². The van der Waals surface area contributed by atoms with Crippen molar-refractivity contribution in [1.82, 2.24) is 57.6 Å². The largest absolute Gasteiger partial charge is 0.508 e. The minimum atomic E-state index is -2.40. The molecule has 21 N–H and O–H groups in total. The Kier molecular flexibility index (Phi) is 28.7. The Balaban J connectivity index is 0.997. The number of hydroxylamine groups is 1. The number of likely N-dealkylation sites (N-methyl/N-ethyl adjacent to an activating group) is 1. The van der Waals surface area contributed by atoms with Crippen molar-refractivity contribution < 1.29 is 127 Å². The summed E-state index contributed by atoms with van der Waals surface area (Å²) in [7, 11) is 2.49. The van der Waals surface area contributed by atoms with E-state index in [0.717, 1.165) is 79.9 Å². The molecule has 43 heteroatoms. The number of nitrogens with one attached hydrogen (secondary N) is 10. The van der Waals surface area contributed by atoms with Crippen molar-refractivity contribution in [3.05, 3.63) is 174 Å². The highest BCUT2D eigenvalue weighted by molar-refractivity contribution is 6.32. The Hall–Kier alpha value is -11.5. The van der Waals surface area contributed by atoms with Gasteiger partial charge in [0, 0.05) is 48.4 Å². The normalized spacial score (nSPS) is 26.1. The van der Waals surface area contributed by atoms with Crippen LogP contribution in [0.25, 0.3) is 11.1 Å². The number of halogens is 4. The van der Waals surface area contributed by atoms with Gasteiger partial charge in [-0.2, -0.15) is 4.98 Å². The van der Waals surface area contributed by atoms with Gasteiger partial charge in [-0.3, -0.25) is 52.6 Å². The second-order valence-corrected chi connectivity index (χ2v) is 31.9. The zero-order valence-electron chi connectivity index (χ0n) is 66.7. The number of carbonyl (C=O) groups excluding carboxylic acids is 9. The van der Waals surface area contributed by atoms with Crippen molar-refractivity contribution in [3.8, 4) is 57.1 Å². The molecule has 0 aliphatic carbocycles. The average molecular weight is 1790 g/mol. The van der Waals surface area contributed by atoms with Gasteiger partial charge in [0.1, 0.15) is 107 Å². The summed E-state index contributed by atoms with van der Waals surface area (Å²) < 4.78 is 54.6. The molecule has 7 aliphatic heterocycles. The average Bonchev–Trinajstić information content (AvgIpc) is 0.763. The third-order valence-electron chi connectivity index (χ3n) is 21.3. The van der Waals surface area contributed by atoms with E-state index in [1.807, 2.05) is 13.8 Å². The number of carbonyl (C=O) groups is 9. The maximum atomic E-state index is 16.3. The molecule has 8 heterocycles. The third-order valence-corrected chi connectivity index (χ3v) is 22.2. The number of aliphatic hydroxyl groups is 6. The molecule has 7 aliphatic rings. The van der Waals surface area contributed by atoms with Gasteiger partial charge in [-0.05, 0) is 139 Å². The van der Waals surface area contributed by atoms with E-state index < -0.39 is 259 Å². The van der Waals surface area contributed by atoms with E-state index in [0.29, 0.717) is 5.56 Å². The minimum Gasteiger partial charge on any atom is -0.508 e. The van der Waals surface area contributed by atoms with E-state index in [1.165, 1.54) is 55.1 Å². The Morgan fingerprint density at radius 1 is 0.726 bits per heavy atom. The number of nitrogens with two attached hydrogens (primary N) is 1. The summed E-state index contributed by atoms with van der Waals surface area (Å²) in [6.45, 7) is 5.49. The zero-order chi connectivity index (χ0) is 89.8. The number of ether oxygens (including phenoxy) is 6. The van der Waals surface area contributed by atoms with Crippen LogP contribution in [0.5, 0.6) is 46.0 Å². The van der Waals surface area contributed by atoms with E-state index in [2.05, 4.69) is 58.3 Å². The fraction of sp³-hybridized carbons (Fsp3) is 0.395. The lowest BCUT2D eigenvalue weighted by molar-refractivity contribution is -0.334. The third kappa shape index (κ3) is 20.5. The molecule has 124 heavy (non-hydrogen) atoms. The molecule has 11 bridgehead atoms. The fourth-order valence-corrected chi connectivity index (χ4v) is 15.5. The van der Waals surface area contributed by atoms with Crippen molar-refractivity contribution in [2.75, 3.05) is 32.6 Å². The van der Waals surface area contributed by atoms with Crippen LogP contribution in [0.2, 0.25) is 15.1 Å². The van der Waals surface area contributed by atoms with Crippen LogP contribution in [0.1, 0.15) is 111 Å². The number of benzene rings is 6. The highest BCUT2D eigenvalue weighted by atomic mass is 35.5. The molecule has 18 atom stereocenters. The van der Waals surface area contributed by atoms with Gasteiger partial charge < -0.3 is 128 Å². The number of phenols is 3. The summed E-state index contributed by atoms with van der Waals surface area (Å²) in [6.07, 6.45) is -18.6. The van der Waals surface area contributed by atoms with Crippen molar-refractivity contribution in [1.29, 1.82) is 0 Å². The predicted octanol–water partition coefficient (Wildman–Crippen LogP) is 1.56. The second-order valence-electron chi connectivity index (χ2n) is 30.6. The van der Waals surface area contributed by atoms with Crippen molar-refractivity contribution >= 4 is 93.8 Å². The summed E-state index contributed by atoms with van der Waals surface area (Å²) >= 11 is 20.1. The number of aromatic nitrogens is 2. The molecule has 0 radical (unpaired) electrons. The number of fused-ring (bicyclic) bond motifs is 15. The molecule has 6 aromatic carbocycles. The molecule has 0 spiro atoms. The van der Waals surface area contributed by atoms with E-state index in [1.54, 1.807) is 6.92 Å². The molecule has 2 fully saturated rings. The number of phenolic OH excluding ortho intramolecular Hbond substituents is 3. The highest BCUT2D eigenvalue weighted by Crippen LogP contribution is 2.50. The van der Waals surface area contributed by atoms with Gasteiger partial charge in [-0.15, -0.1) is 0 Å². The lowest BCUT2D eigenvalue weighted by Crippen LogP contribution is -2.65. The zero-order valence-corrected chi connectivity index (χ0v) is 69.0. The summed E-state index contributed by atoms with van der Waals surface area (Å²) in [5.74, 6) is -17.0. The molecular weight excluding hydrogens is 1700 g/mol. The van der Waals surface area contributed by atoms with Crippen molar-refractivity contribution in [3.63, 3.8) is 0 Å². The monoisotopic (exact) mass is 1780 g/mol. The van der Waals surface area contributed by atoms with Gasteiger partial charge >= 0.3 is 5.69 Å². The summed E-state index contributed by atoms with van der Waals surface area (Å²) in [5, 5.41) is 129. The number of aliphatic hydroxyl groups excluding tert-OH is 6. The predicted molar refractivity (Wildman–Crippen MR) is 433 cm³/mol. The van der Waals surface area contributed by atoms with Crippen LogP contribution in [0.3, 0.4) is 0 Å². The van der Waals surface area contributed by atoms with E-state index >= 15 is 24.0 Å². The Bertz CT molecular complexity index is 5350. The van der Waals surface area contributed by atoms with Gasteiger partial charge in [-0.1, -0.05) is 72.9 Å².